The molecule has 3 amide bonds. The molecule has 0 aromatic heterocycles. The number of terminal acetylenes is 2. The van der Waals surface area contributed by atoms with Crippen molar-refractivity contribution in [1.82, 2.24) is 10.4 Å². The number of hydrogen-bond acceptors (Lipinski definition) is 14. The topological polar surface area (TPSA) is 212 Å². The SMILES string of the molecule is C#CCN.C#CCNC(=O)c1ccc(C2=c3ccc(=C)cc3Oc3cc(N(C)C)ccc32)cc1.C=c1ccc2c(c1)Oc1cc(N(C)C)ccc1C=2c1ccc(C(=O)ON2C(=O)CCC2=O)cc1.O=C=O.O=C=O. The summed E-state index contributed by atoms with van der Waals surface area (Å²) in [5.74, 6) is 5.66. The van der Waals surface area contributed by atoms with Crippen LogP contribution in [-0.4, -0.2) is 82.3 Å². The van der Waals surface area contributed by atoms with Crippen molar-refractivity contribution in [3.8, 4) is 47.7 Å². The highest BCUT2D eigenvalue weighted by molar-refractivity contribution is 6.03. The Kier molecular flexibility index (Phi) is 19.0. The molecule has 0 bridgehead atoms. The molecule has 0 unspecified atom stereocenters. The number of anilines is 2. The van der Waals surface area contributed by atoms with Crippen molar-refractivity contribution in [3.63, 3.8) is 0 Å². The molecular weight excluding hydrogens is 943 g/mol. The Morgan fingerprint density at radius 3 is 1.41 bits per heavy atom. The summed E-state index contributed by atoms with van der Waals surface area (Å²) in [6.45, 7) is 8.59. The van der Waals surface area contributed by atoms with Crippen molar-refractivity contribution < 1.29 is 52.7 Å². The number of nitrogens with one attached hydrogen (secondary N) is 1. The molecule has 16 heteroatoms. The summed E-state index contributed by atoms with van der Waals surface area (Å²) >= 11 is 0. The molecule has 3 N–H and O–H groups in total. The standard InChI is InChI=1S/C27H22N2O5.C26H22N2O2.C3H5N.2CO2/c1-16-4-10-20-22(14-16)33-23-15-19(28(2)3)9-11-21(23)26(20)17-5-7-18(8-6-17)27(32)34-29-24(30)12-13-25(29)31;1-5-14-27-26(29)19-9-7-18(8-10-19)25-21-12-6-17(2)15-23(21)30-24-16-20(28(3)4)11-13-22(24)25;1-2-3-4;2*2-1-3/h4-11,14-15H,1,12-13H2,2-3H3;1,6-13,15-16H,2,14H2,3-4H3,(H,27,29);1H,3-4H2;;. The van der Waals surface area contributed by atoms with E-state index < -0.39 is 17.8 Å². The molecule has 1 fully saturated rings. The van der Waals surface area contributed by atoms with E-state index in [4.69, 9.17) is 45.6 Å². The van der Waals surface area contributed by atoms with Crippen LogP contribution in [0.15, 0.2) is 121 Å². The minimum absolute atomic E-state index is 0.0504. The molecule has 0 radical (unpaired) electrons. The van der Waals surface area contributed by atoms with Crippen molar-refractivity contribution in [1.29, 1.82) is 0 Å². The highest BCUT2D eigenvalue weighted by atomic mass is 16.7. The van der Waals surface area contributed by atoms with Crippen LogP contribution in [0.2, 0.25) is 0 Å². The van der Waals surface area contributed by atoms with E-state index in [1.54, 1.807) is 12.1 Å². The first-order valence-electron chi connectivity index (χ1n) is 22.3. The van der Waals surface area contributed by atoms with Crippen molar-refractivity contribution in [3.05, 3.63) is 176 Å². The van der Waals surface area contributed by atoms with E-state index in [1.165, 1.54) is 0 Å². The van der Waals surface area contributed by atoms with E-state index in [2.05, 4.69) is 48.9 Å². The Labute approximate surface area is 426 Å². The zero-order valence-electron chi connectivity index (χ0n) is 40.9. The predicted octanol–water partition coefficient (Wildman–Crippen LogP) is 4.03. The highest BCUT2D eigenvalue weighted by Gasteiger charge is 2.33. The van der Waals surface area contributed by atoms with Gasteiger partial charge in [-0.15, -0.1) is 17.9 Å². The van der Waals surface area contributed by atoms with Crippen LogP contribution >= 0.6 is 0 Å². The van der Waals surface area contributed by atoms with Crippen LogP contribution < -0.4 is 51.2 Å². The summed E-state index contributed by atoms with van der Waals surface area (Å²) in [5, 5.41) is 6.89. The van der Waals surface area contributed by atoms with Crippen LogP contribution in [0.3, 0.4) is 0 Å². The molecule has 0 atom stereocenters. The van der Waals surface area contributed by atoms with Gasteiger partial charge in [-0.3, -0.25) is 14.4 Å². The molecule has 0 saturated carbocycles. The van der Waals surface area contributed by atoms with Gasteiger partial charge in [0.05, 0.1) is 18.7 Å². The maximum Gasteiger partial charge on any atom is 0.373 e. The molecule has 0 spiro atoms. The third kappa shape index (κ3) is 13.2. The lowest BCUT2D eigenvalue weighted by Gasteiger charge is -2.23. The van der Waals surface area contributed by atoms with Gasteiger partial charge in [0.25, 0.3) is 17.7 Å². The largest absolute Gasteiger partial charge is 0.456 e. The zero-order chi connectivity index (χ0) is 54.1. The number of hydrogen-bond donors (Lipinski definition) is 2. The Morgan fingerprint density at radius 2 is 1.03 bits per heavy atom. The molecule has 74 heavy (non-hydrogen) atoms. The Hall–Kier alpha value is -10.1. The summed E-state index contributed by atoms with van der Waals surface area (Å²) in [5.41, 5.74) is 13.5. The Morgan fingerprint density at radius 1 is 0.622 bits per heavy atom. The summed E-state index contributed by atoms with van der Waals surface area (Å²) in [7, 11) is 7.94. The maximum atomic E-state index is 12.5. The van der Waals surface area contributed by atoms with Gasteiger partial charge in [0, 0.05) is 103 Å². The molecule has 9 rings (SSSR count). The molecular formula is C58H49N5O11. The molecule has 1 saturated heterocycles. The van der Waals surface area contributed by atoms with E-state index in [0.29, 0.717) is 22.9 Å². The fourth-order valence-electron chi connectivity index (χ4n) is 7.61. The number of nitrogens with zero attached hydrogens (tertiary/aromatic N) is 3. The predicted molar refractivity (Wildman–Crippen MR) is 276 cm³/mol. The fraction of sp³-hybridized carbons (Fsp3) is 0.138. The number of carbonyl (C=O) groups excluding carboxylic acids is 8. The molecule has 372 valence electrons. The minimum Gasteiger partial charge on any atom is -0.456 e. The van der Waals surface area contributed by atoms with Crippen LogP contribution in [0.1, 0.15) is 55.8 Å². The lowest BCUT2D eigenvalue weighted by atomic mass is 9.92. The second kappa shape index (κ2) is 25.7. The Bertz CT molecular complexity index is 3480. The van der Waals surface area contributed by atoms with Gasteiger partial charge in [-0.1, -0.05) is 73.5 Å². The van der Waals surface area contributed by atoms with Crippen LogP contribution in [0.5, 0.6) is 23.0 Å². The number of ether oxygens (including phenoxy) is 2. The normalized spacial score (nSPS) is 11.8. The number of rotatable bonds is 8. The Balaban J connectivity index is 0.000000234. The molecule has 3 aliphatic rings. The van der Waals surface area contributed by atoms with Gasteiger partial charge in [-0.05, 0) is 82.2 Å². The third-order valence-electron chi connectivity index (χ3n) is 11.1. The van der Waals surface area contributed by atoms with Gasteiger partial charge in [0.15, 0.2) is 0 Å². The van der Waals surface area contributed by atoms with Gasteiger partial charge in [0.2, 0.25) is 0 Å². The molecule has 3 aliphatic heterocycles. The van der Waals surface area contributed by atoms with Gasteiger partial charge < -0.3 is 35.2 Å². The van der Waals surface area contributed by atoms with Crippen LogP contribution in [-0.2, 0) is 33.6 Å². The van der Waals surface area contributed by atoms with Gasteiger partial charge in [-0.25, -0.2) is 4.79 Å². The van der Waals surface area contributed by atoms with Crippen LogP contribution in [0, 0.1) is 24.7 Å². The van der Waals surface area contributed by atoms with Crippen molar-refractivity contribution in [2.75, 3.05) is 51.1 Å². The van der Waals surface area contributed by atoms with Crippen molar-refractivity contribution >= 4 is 71.7 Å². The quantitative estimate of drug-likeness (QED) is 0.163. The van der Waals surface area contributed by atoms with E-state index in [0.717, 1.165) is 82.9 Å². The first-order chi connectivity index (χ1) is 35.5. The summed E-state index contributed by atoms with van der Waals surface area (Å²) in [6.07, 6.45) is 10.5. The molecule has 16 nitrogen and oxygen atoms in total. The monoisotopic (exact) mass is 991 g/mol. The summed E-state index contributed by atoms with van der Waals surface area (Å²) in [6, 6.07) is 38.4. The van der Waals surface area contributed by atoms with Crippen LogP contribution in [0.25, 0.3) is 24.3 Å². The number of carbonyl (C=O) groups is 4. The lowest BCUT2D eigenvalue weighted by Crippen LogP contribution is -2.32. The number of fused-ring (bicyclic) bond motifs is 4. The summed E-state index contributed by atoms with van der Waals surface area (Å²) in [4.78, 5) is 89.7. The van der Waals surface area contributed by atoms with Gasteiger partial charge >= 0.3 is 18.3 Å². The second-order valence-electron chi connectivity index (χ2n) is 16.3. The van der Waals surface area contributed by atoms with Crippen molar-refractivity contribution in [2.45, 2.75) is 12.8 Å². The average Bonchev–Trinajstić information content (AvgIpc) is 3.71. The summed E-state index contributed by atoms with van der Waals surface area (Å²) < 4.78 is 12.5. The smallest absolute Gasteiger partial charge is 0.373 e. The van der Waals surface area contributed by atoms with Gasteiger partial charge in [-0.2, -0.15) is 19.2 Å². The number of imide groups is 1. The maximum absolute atomic E-state index is 12.5. The van der Waals surface area contributed by atoms with E-state index in [-0.39, 0.29) is 43.2 Å². The third-order valence-corrected chi connectivity index (χ3v) is 11.1. The zero-order valence-corrected chi connectivity index (χ0v) is 40.9. The molecule has 6 aromatic rings. The lowest BCUT2D eigenvalue weighted by molar-refractivity contribution is -0.193. The first kappa shape index (κ1) is 54.9. The van der Waals surface area contributed by atoms with E-state index in [1.807, 2.05) is 135 Å². The number of hydroxylamine groups is 2. The van der Waals surface area contributed by atoms with Gasteiger partial charge in [0.1, 0.15) is 23.0 Å². The number of nitrogens with two attached hydrogens (primary N) is 1. The van der Waals surface area contributed by atoms with E-state index in [9.17, 15) is 19.2 Å². The fourth-order valence-corrected chi connectivity index (χ4v) is 7.61. The minimum atomic E-state index is -0.759. The molecule has 3 heterocycles. The van der Waals surface area contributed by atoms with Crippen LogP contribution in [0.4, 0.5) is 11.4 Å². The second-order valence-corrected chi connectivity index (χ2v) is 16.3. The number of benzene rings is 6. The molecule has 6 aromatic carbocycles. The molecule has 0 aliphatic carbocycles. The van der Waals surface area contributed by atoms with Crippen molar-refractivity contribution in [2.24, 2.45) is 5.73 Å². The highest BCUT2D eigenvalue weighted by Crippen LogP contribution is 2.39. The average molecular weight is 992 g/mol. The first-order valence-corrected chi connectivity index (χ1v) is 22.3. The number of amides is 3. The van der Waals surface area contributed by atoms with E-state index >= 15 is 0 Å².